The lowest BCUT2D eigenvalue weighted by molar-refractivity contribution is -0.141. The van der Waals surface area contributed by atoms with Gasteiger partial charge >= 0.3 is 12.1 Å². The number of pyridine rings is 4. The lowest BCUT2D eigenvalue weighted by Gasteiger charge is -2.19. The van der Waals surface area contributed by atoms with E-state index < -0.39 is 74.0 Å². The number of carboxylic acid groups (broad SMARTS) is 1. The van der Waals surface area contributed by atoms with E-state index in [0.29, 0.717) is 22.8 Å². The van der Waals surface area contributed by atoms with Gasteiger partial charge in [-0.05, 0) is 65.7 Å². The number of carbonyl (C=O) groups excluding carboxylic acids is 4. The van der Waals surface area contributed by atoms with Crippen LogP contribution in [0.3, 0.4) is 0 Å². The Kier molecular flexibility index (Phi) is 15.9. The van der Waals surface area contributed by atoms with Crippen LogP contribution in [0.2, 0.25) is 0 Å². The van der Waals surface area contributed by atoms with Gasteiger partial charge in [-0.25, -0.2) is 23.4 Å². The van der Waals surface area contributed by atoms with Crippen molar-refractivity contribution in [2.75, 3.05) is 50.7 Å². The Labute approximate surface area is 399 Å². The van der Waals surface area contributed by atoms with Crippen LogP contribution in [0, 0.1) is 11.3 Å². The number of likely N-dealkylation sites (tertiary alicyclic amines) is 1. The van der Waals surface area contributed by atoms with Gasteiger partial charge in [-0.3, -0.25) is 29.3 Å². The van der Waals surface area contributed by atoms with E-state index >= 15 is 0 Å². The Hall–Kier alpha value is -7.84. The van der Waals surface area contributed by atoms with Crippen molar-refractivity contribution in [1.29, 1.82) is 5.26 Å². The number of aromatic nitrogens is 4. The quantitative estimate of drug-likeness (QED) is 0.0432. The van der Waals surface area contributed by atoms with Gasteiger partial charge in [0.2, 0.25) is 11.8 Å². The minimum atomic E-state index is -3.21. The van der Waals surface area contributed by atoms with Crippen molar-refractivity contribution in [3.63, 3.8) is 0 Å². The largest absolute Gasteiger partial charge is 0.508 e. The minimum Gasteiger partial charge on any atom is -0.484 e. The number of nitrogens with one attached hydrogen (secondary N) is 2. The predicted molar refractivity (Wildman–Crippen MR) is 250 cm³/mol. The number of nitrogens with two attached hydrogens (primary N) is 1. The molecule has 7 rings (SSSR count). The average Bonchev–Trinajstić information content (AvgIpc) is 3.68. The molecule has 2 aromatic carbocycles. The fraction of sp³-hybridized carbons (Fsp3) is 0.261. The van der Waals surface area contributed by atoms with E-state index in [9.17, 15) is 43.1 Å². The number of nitrogen functional groups attached to an aromatic ring is 1. The van der Waals surface area contributed by atoms with Crippen LogP contribution in [0.15, 0.2) is 91.5 Å². The highest BCUT2D eigenvalue weighted by molar-refractivity contribution is 8.76. The summed E-state index contributed by atoms with van der Waals surface area (Å²) in [6.45, 7) is -2.32. The maximum atomic E-state index is 13.8. The molecule has 0 aliphatic carbocycles. The van der Waals surface area contributed by atoms with E-state index in [1.165, 1.54) is 48.4 Å². The van der Waals surface area contributed by atoms with Crippen molar-refractivity contribution in [1.82, 2.24) is 35.5 Å². The highest BCUT2D eigenvalue weighted by Gasteiger charge is 2.47. The molecule has 69 heavy (non-hydrogen) atoms. The first-order chi connectivity index (χ1) is 33.2. The number of ether oxygens (including phenoxy) is 4. The lowest BCUT2D eigenvalue weighted by atomic mass is 9.98. The van der Waals surface area contributed by atoms with Gasteiger partial charge in [0.1, 0.15) is 31.0 Å². The summed E-state index contributed by atoms with van der Waals surface area (Å²) in [6.07, 6.45) is 4.72. The number of rotatable bonds is 19. The molecule has 23 heteroatoms. The molecule has 19 nitrogen and oxygen atoms in total. The predicted octanol–water partition coefficient (Wildman–Crippen LogP) is 5.67. The van der Waals surface area contributed by atoms with Gasteiger partial charge in [-0.2, -0.15) is 5.26 Å². The number of nitriles is 1. The molecular weight excluding hydrogens is 941 g/mol. The van der Waals surface area contributed by atoms with E-state index in [1.807, 2.05) is 30.3 Å². The number of aliphatic carboxylic acids is 1. The monoisotopic (exact) mass is 981 g/mol. The molecule has 356 valence electrons. The number of amides is 3. The molecule has 4 aromatic heterocycles. The highest BCUT2D eigenvalue weighted by atomic mass is 33.1. The second-order valence-electron chi connectivity index (χ2n) is 15.1. The number of halogens is 2. The normalized spacial score (nSPS) is 14.3. The van der Waals surface area contributed by atoms with Crippen LogP contribution in [-0.4, -0.2) is 123 Å². The minimum absolute atomic E-state index is 0.0381. The van der Waals surface area contributed by atoms with Crippen molar-refractivity contribution >= 4 is 78.9 Å². The second kappa shape index (κ2) is 22.3. The summed E-state index contributed by atoms with van der Waals surface area (Å²) < 4.78 is 48.7. The van der Waals surface area contributed by atoms with Crippen molar-refractivity contribution < 1.29 is 56.8 Å². The van der Waals surface area contributed by atoms with Crippen LogP contribution in [0.4, 0.5) is 19.3 Å². The van der Waals surface area contributed by atoms with E-state index in [4.69, 9.17) is 24.7 Å². The topological polar surface area (TPSA) is 271 Å². The fourth-order valence-corrected chi connectivity index (χ4v) is 9.05. The maximum absolute atomic E-state index is 13.8. The third-order valence-corrected chi connectivity index (χ3v) is 12.8. The van der Waals surface area contributed by atoms with Gasteiger partial charge in [-0.15, -0.1) is 0 Å². The Balaban J connectivity index is 0.813. The summed E-state index contributed by atoms with van der Waals surface area (Å²) in [7, 11) is 3.85. The van der Waals surface area contributed by atoms with Gasteiger partial charge in [0, 0.05) is 64.6 Å². The third kappa shape index (κ3) is 12.6. The van der Waals surface area contributed by atoms with Crippen LogP contribution < -0.4 is 25.8 Å². The molecule has 1 aliphatic heterocycles. The molecule has 1 unspecified atom stereocenters. The molecule has 0 spiro atoms. The molecule has 5 N–H and O–H groups in total. The SMILES string of the molecule is COc1ncc(-c2ccc3nccc(-c4ccc(COC(=O)OCCSSCC(NC(=O)COc5ccc6nccc(C(=O)NCC(=O)N7CC(F)(F)C[C@H]7C#N)c6c5)C(=O)O)nc4)c3c2)cc1N. The molecule has 0 radical (unpaired) electrons. The molecule has 0 saturated carbocycles. The summed E-state index contributed by atoms with van der Waals surface area (Å²) in [5.41, 5.74) is 11.6. The molecule has 5 heterocycles. The van der Waals surface area contributed by atoms with E-state index in [-0.39, 0.29) is 41.4 Å². The second-order valence-corrected chi connectivity index (χ2v) is 17.8. The average molecular weight is 982 g/mol. The first-order valence-electron chi connectivity index (χ1n) is 20.8. The number of hydrogen-bond acceptors (Lipinski definition) is 17. The zero-order valence-corrected chi connectivity index (χ0v) is 38.1. The van der Waals surface area contributed by atoms with E-state index in [0.717, 1.165) is 48.9 Å². The zero-order chi connectivity index (χ0) is 49.1. The van der Waals surface area contributed by atoms with Crippen LogP contribution in [0.1, 0.15) is 22.5 Å². The van der Waals surface area contributed by atoms with Crippen molar-refractivity contribution in [2.45, 2.75) is 31.0 Å². The van der Waals surface area contributed by atoms with Gasteiger partial charge in [0.05, 0.1) is 54.2 Å². The Morgan fingerprint density at radius 3 is 2.42 bits per heavy atom. The van der Waals surface area contributed by atoms with E-state index in [2.05, 4.69) is 30.6 Å². The first kappa shape index (κ1) is 49.1. The number of nitrogens with zero attached hydrogens (tertiary/aromatic N) is 6. The Morgan fingerprint density at radius 2 is 1.68 bits per heavy atom. The first-order valence-corrected chi connectivity index (χ1v) is 23.3. The molecule has 1 aliphatic rings. The number of methoxy groups -OCH3 is 1. The summed E-state index contributed by atoms with van der Waals surface area (Å²) in [5, 5.41) is 24.8. The number of anilines is 1. The van der Waals surface area contributed by atoms with Crippen LogP contribution in [-0.2, 0) is 30.5 Å². The van der Waals surface area contributed by atoms with Crippen LogP contribution in [0.25, 0.3) is 44.1 Å². The number of fused-ring (bicyclic) bond motifs is 2. The van der Waals surface area contributed by atoms with Crippen molar-refractivity contribution in [3.05, 3.63) is 103 Å². The fourth-order valence-electron chi connectivity index (χ4n) is 7.07. The molecule has 3 amide bonds. The molecule has 0 bridgehead atoms. The standard InChI is InChI=1S/C46H41F2N9O10S2/c1-64-43-36(50)15-28(20-55-43)26-3-6-37-34(14-26)32(8-10-51-37)27-2-4-29(53-19-27)22-67-45(63)65-12-13-68-69-24-39(44(61)62)56-40(58)23-66-31-5-7-38-35(16-31)33(9-11-52-38)42(60)54-21-41(59)57-25-46(47,48)17-30(57)18-49/h2-11,14-16,19-20,30,39H,12-13,17,21-25,50H2,1H3,(H,54,60)(H,56,58)(H,61,62)/t30-,39?/m0/s1. The number of alkyl halides is 2. The molecular formula is C46H41F2N9O10S2. The lowest BCUT2D eigenvalue weighted by Crippen LogP contribution is -2.44. The summed E-state index contributed by atoms with van der Waals surface area (Å²) in [6, 6.07) is 18.0. The van der Waals surface area contributed by atoms with E-state index in [1.54, 1.807) is 36.8 Å². The number of hydrogen-bond donors (Lipinski definition) is 4. The van der Waals surface area contributed by atoms with Gasteiger partial charge in [-0.1, -0.05) is 33.7 Å². The van der Waals surface area contributed by atoms with Crippen molar-refractivity contribution in [3.8, 4) is 40.0 Å². The smallest absolute Gasteiger partial charge is 0.484 e. The summed E-state index contributed by atoms with van der Waals surface area (Å²) in [4.78, 5) is 80.7. The number of carboxylic acids is 1. The molecule has 6 aromatic rings. The van der Waals surface area contributed by atoms with Gasteiger partial charge in [0.25, 0.3) is 17.7 Å². The third-order valence-electron chi connectivity index (χ3n) is 10.4. The molecule has 1 fully saturated rings. The maximum Gasteiger partial charge on any atom is 0.508 e. The zero-order valence-electron chi connectivity index (χ0n) is 36.4. The number of carbonyl (C=O) groups is 5. The summed E-state index contributed by atoms with van der Waals surface area (Å²) >= 11 is 0. The van der Waals surface area contributed by atoms with Crippen LogP contribution >= 0.6 is 21.6 Å². The number of benzene rings is 2. The Bertz CT molecular complexity index is 2950. The van der Waals surface area contributed by atoms with Gasteiger partial charge < -0.3 is 45.3 Å². The highest BCUT2D eigenvalue weighted by Crippen LogP contribution is 2.34. The Morgan fingerprint density at radius 1 is 0.928 bits per heavy atom. The van der Waals surface area contributed by atoms with Crippen molar-refractivity contribution in [2.24, 2.45) is 0 Å². The van der Waals surface area contributed by atoms with Crippen LogP contribution in [0.5, 0.6) is 11.6 Å². The molecule has 1 saturated heterocycles. The van der Waals surface area contributed by atoms with Gasteiger partial charge in [0.15, 0.2) is 6.61 Å². The molecule has 2 atom stereocenters. The summed E-state index contributed by atoms with van der Waals surface area (Å²) in [5.74, 6) is -6.09.